The van der Waals surface area contributed by atoms with Gasteiger partial charge in [0.15, 0.2) is 6.29 Å². The predicted molar refractivity (Wildman–Crippen MR) is 36.7 cm³/mol. The third-order valence-corrected chi connectivity index (χ3v) is 1.88. The van der Waals surface area contributed by atoms with Crippen LogP contribution in [0.1, 0.15) is 0 Å². The van der Waals surface area contributed by atoms with Crippen LogP contribution in [0.2, 0.25) is 0 Å². The van der Waals surface area contributed by atoms with E-state index < -0.39 is 24.6 Å². The molecular formula is C5H10O4S. The van der Waals surface area contributed by atoms with Gasteiger partial charge in [-0.25, -0.2) is 0 Å². The molecule has 0 amide bonds. The van der Waals surface area contributed by atoms with E-state index >= 15 is 0 Å². The Morgan fingerprint density at radius 1 is 1.20 bits per heavy atom. The second-order valence-electron chi connectivity index (χ2n) is 2.23. The second-order valence-corrected chi connectivity index (χ2v) is 2.59. The maximum Gasteiger partial charge on any atom is 0.183 e. The molecule has 0 unspecified atom stereocenters. The first-order valence-corrected chi connectivity index (χ1v) is 3.60. The fourth-order valence-electron chi connectivity index (χ4n) is 0.880. The number of rotatable bonds is 1. The van der Waals surface area contributed by atoms with Crippen molar-refractivity contribution in [2.24, 2.45) is 0 Å². The molecule has 1 fully saturated rings. The van der Waals surface area contributed by atoms with Crippen molar-refractivity contribution < 1.29 is 20.1 Å². The first-order chi connectivity index (χ1) is 4.66. The monoisotopic (exact) mass is 166 g/mol. The number of hydrogen-bond donors (Lipinski definition) is 4. The van der Waals surface area contributed by atoms with Crippen molar-refractivity contribution >= 4 is 12.6 Å². The Morgan fingerprint density at radius 2 is 1.80 bits per heavy atom. The van der Waals surface area contributed by atoms with Crippen LogP contribution >= 0.6 is 12.6 Å². The number of aliphatic hydroxyl groups is 3. The maximum atomic E-state index is 9.04. The molecule has 1 aliphatic rings. The van der Waals surface area contributed by atoms with Crippen LogP contribution in [0.15, 0.2) is 0 Å². The molecule has 60 valence electrons. The summed E-state index contributed by atoms with van der Waals surface area (Å²) in [4.78, 5) is 0. The minimum absolute atomic E-state index is 0.287. The van der Waals surface area contributed by atoms with Crippen molar-refractivity contribution in [3.05, 3.63) is 0 Å². The molecule has 5 heteroatoms. The van der Waals surface area contributed by atoms with Gasteiger partial charge in [0, 0.05) is 5.75 Å². The normalized spacial score (nSPS) is 48.0. The molecule has 0 radical (unpaired) electrons. The highest BCUT2D eigenvalue weighted by molar-refractivity contribution is 7.80. The fraction of sp³-hybridized carbons (Fsp3) is 1.00. The average Bonchev–Trinajstić information content (AvgIpc) is 2.17. The van der Waals surface area contributed by atoms with E-state index in [9.17, 15) is 0 Å². The summed E-state index contributed by atoms with van der Waals surface area (Å²) in [6.45, 7) is 0. The Labute approximate surface area is 63.8 Å². The van der Waals surface area contributed by atoms with Gasteiger partial charge in [-0.3, -0.25) is 0 Å². The minimum Gasteiger partial charge on any atom is -0.387 e. The Morgan fingerprint density at radius 3 is 2.00 bits per heavy atom. The van der Waals surface area contributed by atoms with Gasteiger partial charge in [0.25, 0.3) is 0 Å². The molecule has 0 bridgehead atoms. The summed E-state index contributed by atoms with van der Waals surface area (Å²) in [5.74, 6) is 0.287. The lowest BCUT2D eigenvalue weighted by molar-refractivity contribution is -0.123. The standard InChI is InChI=1S/C5H10O4S/c6-3-2(1-10)9-5(8)4(3)7/h2-8,10H,1H2/t2-,3-,4+,5+/m0/s1. The minimum atomic E-state index is -1.27. The van der Waals surface area contributed by atoms with E-state index in [1.807, 2.05) is 0 Å². The Kier molecular flexibility index (Phi) is 2.54. The molecule has 1 rings (SSSR count). The van der Waals surface area contributed by atoms with Crippen LogP contribution in [-0.4, -0.2) is 45.7 Å². The van der Waals surface area contributed by atoms with Crippen LogP contribution in [0.4, 0.5) is 0 Å². The Balaban J connectivity index is 2.53. The smallest absolute Gasteiger partial charge is 0.183 e. The molecule has 4 nitrogen and oxygen atoms in total. The molecular weight excluding hydrogens is 156 g/mol. The third-order valence-electron chi connectivity index (χ3n) is 1.52. The van der Waals surface area contributed by atoms with Crippen molar-refractivity contribution in [3.8, 4) is 0 Å². The quantitative estimate of drug-likeness (QED) is 0.352. The zero-order valence-electron chi connectivity index (χ0n) is 5.21. The van der Waals surface area contributed by atoms with Crippen molar-refractivity contribution in [1.82, 2.24) is 0 Å². The molecule has 1 heterocycles. The molecule has 1 aliphatic heterocycles. The third kappa shape index (κ3) is 1.28. The Hall–Kier alpha value is 0.190. The molecule has 4 atom stereocenters. The molecule has 0 aliphatic carbocycles. The van der Waals surface area contributed by atoms with Crippen LogP contribution in [-0.2, 0) is 4.74 Å². The highest BCUT2D eigenvalue weighted by Gasteiger charge is 2.40. The molecule has 0 spiro atoms. The van der Waals surface area contributed by atoms with Crippen molar-refractivity contribution in [1.29, 1.82) is 0 Å². The van der Waals surface area contributed by atoms with E-state index in [0.717, 1.165) is 0 Å². The zero-order chi connectivity index (χ0) is 7.72. The lowest BCUT2D eigenvalue weighted by Gasteiger charge is -2.09. The number of thiol groups is 1. The van der Waals surface area contributed by atoms with Gasteiger partial charge in [0.05, 0.1) is 6.10 Å². The SMILES string of the molecule is O[C@@H]1[C@@H](O)[C@H](CS)O[C@H]1O. The zero-order valence-corrected chi connectivity index (χ0v) is 6.11. The van der Waals surface area contributed by atoms with Crippen LogP contribution in [0.3, 0.4) is 0 Å². The molecule has 0 aromatic carbocycles. The van der Waals surface area contributed by atoms with Gasteiger partial charge in [-0.15, -0.1) is 0 Å². The lowest BCUT2D eigenvalue weighted by Crippen LogP contribution is -2.32. The topological polar surface area (TPSA) is 69.9 Å². The van der Waals surface area contributed by atoms with E-state index in [2.05, 4.69) is 12.6 Å². The van der Waals surface area contributed by atoms with Crippen molar-refractivity contribution in [2.45, 2.75) is 24.6 Å². The molecule has 0 aromatic heterocycles. The summed E-state index contributed by atoms with van der Waals surface area (Å²) in [6.07, 6.45) is -4.05. The molecule has 10 heavy (non-hydrogen) atoms. The van der Waals surface area contributed by atoms with E-state index in [1.54, 1.807) is 0 Å². The van der Waals surface area contributed by atoms with Gasteiger partial charge in [-0.1, -0.05) is 0 Å². The van der Waals surface area contributed by atoms with Crippen LogP contribution < -0.4 is 0 Å². The fourth-order valence-corrected chi connectivity index (χ4v) is 1.18. The lowest BCUT2D eigenvalue weighted by atomic mass is 10.2. The summed E-state index contributed by atoms with van der Waals surface area (Å²) >= 11 is 3.85. The van der Waals surface area contributed by atoms with E-state index in [1.165, 1.54) is 0 Å². The van der Waals surface area contributed by atoms with Crippen LogP contribution in [0, 0.1) is 0 Å². The van der Waals surface area contributed by atoms with E-state index in [-0.39, 0.29) is 5.75 Å². The van der Waals surface area contributed by atoms with Gasteiger partial charge in [0.1, 0.15) is 12.2 Å². The average molecular weight is 166 g/mol. The summed E-state index contributed by atoms with van der Waals surface area (Å²) < 4.78 is 4.71. The van der Waals surface area contributed by atoms with E-state index in [4.69, 9.17) is 20.1 Å². The van der Waals surface area contributed by atoms with Crippen molar-refractivity contribution in [3.63, 3.8) is 0 Å². The first kappa shape index (κ1) is 8.29. The summed E-state index contributed by atoms with van der Waals surface area (Å²) in [6, 6.07) is 0. The molecule has 0 aromatic rings. The molecule has 1 saturated heterocycles. The van der Waals surface area contributed by atoms with Crippen LogP contribution in [0.25, 0.3) is 0 Å². The van der Waals surface area contributed by atoms with Gasteiger partial charge < -0.3 is 20.1 Å². The summed E-state index contributed by atoms with van der Waals surface area (Å²) in [5, 5.41) is 26.8. The first-order valence-electron chi connectivity index (χ1n) is 2.97. The van der Waals surface area contributed by atoms with Gasteiger partial charge in [-0.2, -0.15) is 12.6 Å². The highest BCUT2D eigenvalue weighted by atomic mass is 32.1. The second kappa shape index (κ2) is 3.06. The summed E-state index contributed by atoms with van der Waals surface area (Å²) in [7, 11) is 0. The number of hydrogen-bond acceptors (Lipinski definition) is 5. The molecule has 0 saturated carbocycles. The van der Waals surface area contributed by atoms with Gasteiger partial charge >= 0.3 is 0 Å². The van der Waals surface area contributed by atoms with Crippen molar-refractivity contribution in [2.75, 3.05) is 5.75 Å². The largest absolute Gasteiger partial charge is 0.387 e. The maximum absolute atomic E-state index is 9.04. The predicted octanol–water partition coefficient (Wildman–Crippen LogP) is -1.64. The number of ether oxygens (including phenoxy) is 1. The summed E-state index contributed by atoms with van der Waals surface area (Å²) in [5.41, 5.74) is 0. The highest BCUT2D eigenvalue weighted by Crippen LogP contribution is 2.19. The molecule has 3 N–H and O–H groups in total. The van der Waals surface area contributed by atoms with Gasteiger partial charge in [0.2, 0.25) is 0 Å². The van der Waals surface area contributed by atoms with Gasteiger partial charge in [-0.05, 0) is 0 Å². The van der Waals surface area contributed by atoms with Crippen LogP contribution in [0.5, 0.6) is 0 Å². The van der Waals surface area contributed by atoms with E-state index in [0.29, 0.717) is 0 Å². The Bertz CT molecular complexity index is 120. The number of aliphatic hydroxyl groups excluding tert-OH is 3.